The van der Waals surface area contributed by atoms with Crippen molar-refractivity contribution in [3.8, 4) is 0 Å². The summed E-state index contributed by atoms with van der Waals surface area (Å²) < 4.78 is 29.5. The zero-order valence-electron chi connectivity index (χ0n) is 9.38. The molecule has 0 N–H and O–H groups in total. The van der Waals surface area contributed by atoms with Crippen molar-refractivity contribution in [2.75, 3.05) is 0 Å². The molecule has 1 aromatic heterocycles. The predicted molar refractivity (Wildman–Crippen MR) is 65.7 cm³/mol. The summed E-state index contributed by atoms with van der Waals surface area (Å²) >= 11 is 5.79. The lowest BCUT2D eigenvalue weighted by Crippen LogP contribution is -2.03. The molecule has 94 valence electrons. The third kappa shape index (κ3) is 2.19. The number of hydrogen-bond donors (Lipinski definition) is 0. The van der Waals surface area contributed by atoms with E-state index in [1.54, 1.807) is 19.1 Å². The van der Waals surface area contributed by atoms with Crippen LogP contribution in [-0.4, -0.2) is 14.7 Å². The van der Waals surface area contributed by atoms with Crippen LogP contribution in [0.5, 0.6) is 0 Å². The van der Waals surface area contributed by atoms with Gasteiger partial charge in [-0.15, -0.1) is 0 Å². The van der Waals surface area contributed by atoms with Crippen molar-refractivity contribution in [1.29, 1.82) is 0 Å². The van der Waals surface area contributed by atoms with E-state index in [9.17, 15) is 13.2 Å². The Hall–Kier alpha value is -1.59. The Kier molecular flexibility index (Phi) is 3.28. The fourth-order valence-electron chi connectivity index (χ4n) is 1.51. The topological polar surface area (TPSA) is 64.3 Å². The molecule has 2 aromatic rings. The number of aryl methyl sites for hydroxylation is 1. The number of benzene rings is 1. The smallest absolute Gasteiger partial charge is 0.239 e. The number of hydrogen-bond acceptors (Lipinski definition) is 4. The zero-order valence-corrected chi connectivity index (χ0v) is 11.0. The second-order valence-electron chi connectivity index (χ2n) is 3.69. The molecule has 18 heavy (non-hydrogen) atoms. The third-order valence-electron chi connectivity index (χ3n) is 2.42. The second kappa shape index (κ2) is 4.59. The number of sulfone groups is 1. The van der Waals surface area contributed by atoms with E-state index in [0.29, 0.717) is 16.9 Å². The van der Waals surface area contributed by atoms with Crippen LogP contribution in [0.1, 0.15) is 16.1 Å². The lowest BCUT2D eigenvalue weighted by Gasteiger charge is -2.05. The van der Waals surface area contributed by atoms with Gasteiger partial charge in [0, 0.05) is 5.02 Å². The molecule has 0 amide bonds. The normalized spacial score (nSPS) is 11.4. The summed E-state index contributed by atoms with van der Waals surface area (Å²) in [4.78, 5) is 10.6. The lowest BCUT2D eigenvalue weighted by molar-refractivity contribution is 0.109. The molecular formula is C12H9ClO4S. The van der Waals surface area contributed by atoms with Crippen LogP contribution in [0.4, 0.5) is 0 Å². The monoisotopic (exact) mass is 284 g/mol. The number of rotatable bonds is 3. The van der Waals surface area contributed by atoms with Crippen LogP contribution >= 0.6 is 11.6 Å². The highest BCUT2D eigenvalue weighted by Crippen LogP contribution is 2.27. The number of halogens is 1. The highest BCUT2D eigenvalue weighted by molar-refractivity contribution is 7.91. The second-order valence-corrected chi connectivity index (χ2v) is 5.97. The van der Waals surface area contributed by atoms with E-state index in [-0.39, 0.29) is 15.7 Å². The summed E-state index contributed by atoms with van der Waals surface area (Å²) in [5, 5.41) is 0.0521. The summed E-state index contributed by atoms with van der Waals surface area (Å²) in [5.41, 5.74) is 0.559. The summed E-state index contributed by atoms with van der Waals surface area (Å²) in [5.74, 6) is -0.0340. The van der Waals surface area contributed by atoms with Gasteiger partial charge in [0.05, 0.1) is 4.90 Å². The first-order valence-electron chi connectivity index (χ1n) is 5.01. The average Bonchev–Trinajstić information content (AvgIpc) is 2.81. The molecule has 0 atom stereocenters. The fraction of sp³-hybridized carbons (Fsp3) is 0.0833. The van der Waals surface area contributed by atoms with Gasteiger partial charge in [-0.3, -0.25) is 4.79 Å². The minimum absolute atomic E-state index is 0.0340. The molecule has 0 aliphatic rings. The van der Waals surface area contributed by atoms with Crippen molar-refractivity contribution in [3.63, 3.8) is 0 Å². The van der Waals surface area contributed by atoms with Gasteiger partial charge in [-0.2, -0.15) is 0 Å². The van der Waals surface area contributed by atoms with Gasteiger partial charge in [0.25, 0.3) is 0 Å². The Bertz CT molecular complexity index is 701. The van der Waals surface area contributed by atoms with Crippen molar-refractivity contribution in [2.45, 2.75) is 16.9 Å². The standard InChI is InChI=1S/C12H9ClO4S/c1-8-2-3-9(13)6-11(8)18(15,16)12-5-4-10(7-14)17-12/h2-7H,1H3. The summed E-state index contributed by atoms with van der Waals surface area (Å²) in [6.07, 6.45) is 0.448. The van der Waals surface area contributed by atoms with Crippen LogP contribution in [0.25, 0.3) is 0 Å². The Morgan fingerprint density at radius 1 is 1.22 bits per heavy atom. The molecule has 0 saturated carbocycles. The Morgan fingerprint density at radius 2 is 1.94 bits per heavy atom. The first-order valence-corrected chi connectivity index (χ1v) is 6.87. The quantitative estimate of drug-likeness (QED) is 0.813. The van der Waals surface area contributed by atoms with Crippen molar-refractivity contribution in [3.05, 3.63) is 46.7 Å². The molecule has 4 nitrogen and oxygen atoms in total. The van der Waals surface area contributed by atoms with Gasteiger partial charge in [0.2, 0.25) is 14.9 Å². The maximum Gasteiger partial charge on any atom is 0.239 e. The van der Waals surface area contributed by atoms with Gasteiger partial charge < -0.3 is 4.42 Å². The lowest BCUT2D eigenvalue weighted by atomic mass is 10.2. The molecule has 0 unspecified atom stereocenters. The minimum Gasteiger partial charge on any atom is -0.442 e. The summed E-state index contributed by atoms with van der Waals surface area (Å²) in [6.45, 7) is 1.66. The van der Waals surface area contributed by atoms with E-state index in [4.69, 9.17) is 16.0 Å². The van der Waals surface area contributed by atoms with Gasteiger partial charge in [-0.1, -0.05) is 17.7 Å². The third-order valence-corrected chi connectivity index (χ3v) is 4.43. The molecule has 0 fully saturated rings. The largest absolute Gasteiger partial charge is 0.442 e. The summed E-state index contributed by atoms with van der Waals surface area (Å²) in [6, 6.07) is 7.13. The van der Waals surface area contributed by atoms with Crippen molar-refractivity contribution >= 4 is 27.7 Å². The van der Waals surface area contributed by atoms with Crippen LogP contribution in [0.2, 0.25) is 5.02 Å². The predicted octanol–water partition coefficient (Wildman–Crippen LogP) is 2.89. The molecule has 1 aromatic carbocycles. The SMILES string of the molecule is Cc1ccc(Cl)cc1S(=O)(=O)c1ccc(C=O)o1. The molecule has 0 aliphatic heterocycles. The maximum absolute atomic E-state index is 12.3. The number of carbonyl (C=O) groups excluding carboxylic acids is 1. The first kappa shape index (κ1) is 12.9. The van der Waals surface area contributed by atoms with Gasteiger partial charge in [0.1, 0.15) is 0 Å². The van der Waals surface area contributed by atoms with Crippen molar-refractivity contribution < 1.29 is 17.6 Å². The number of furan rings is 1. The number of carbonyl (C=O) groups is 1. The van der Waals surface area contributed by atoms with Crippen molar-refractivity contribution in [2.24, 2.45) is 0 Å². The molecule has 0 radical (unpaired) electrons. The minimum atomic E-state index is -3.79. The number of aldehydes is 1. The van der Waals surface area contributed by atoms with Crippen LogP contribution in [0, 0.1) is 6.92 Å². The van der Waals surface area contributed by atoms with Crippen LogP contribution in [0.15, 0.2) is 44.7 Å². The Labute approximate surface area is 109 Å². The maximum atomic E-state index is 12.3. The van der Waals surface area contributed by atoms with E-state index in [1.807, 2.05) is 0 Å². The molecule has 0 saturated heterocycles. The van der Waals surface area contributed by atoms with E-state index in [1.165, 1.54) is 18.2 Å². The van der Waals surface area contributed by atoms with Gasteiger partial charge in [-0.25, -0.2) is 8.42 Å². The van der Waals surface area contributed by atoms with E-state index in [0.717, 1.165) is 0 Å². The van der Waals surface area contributed by atoms with Crippen LogP contribution < -0.4 is 0 Å². The molecule has 6 heteroatoms. The summed E-state index contributed by atoms with van der Waals surface area (Å²) in [7, 11) is -3.79. The fourth-order valence-corrected chi connectivity index (χ4v) is 3.19. The van der Waals surface area contributed by atoms with Crippen LogP contribution in [0.3, 0.4) is 0 Å². The first-order chi connectivity index (χ1) is 8.45. The highest BCUT2D eigenvalue weighted by atomic mass is 35.5. The Morgan fingerprint density at radius 3 is 2.56 bits per heavy atom. The van der Waals surface area contributed by atoms with Gasteiger partial charge in [-0.05, 0) is 36.8 Å². The molecule has 0 bridgehead atoms. The van der Waals surface area contributed by atoms with Crippen molar-refractivity contribution in [1.82, 2.24) is 0 Å². The Balaban J connectivity index is 2.61. The van der Waals surface area contributed by atoms with Gasteiger partial charge >= 0.3 is 0 Å². The van der Waals surface area contributed by atoms with E-state index < -0.39 is 9.84 Å². The molecule has 0 spiro atoms. The molecule has 0 aliphatic carbocycles. The zero-order chi connectivity index (χ0) is 13.3. The molecule has 1 heterocycles. The van der Waals surface area contributed by atoms with Crippen LogP contribution in [-0.2, 0) is 9.84 Å². The highest BCUT2D eigenvalue weighted by Gasteiger charge is 2.24. The van der Waals surface area contributed by atoms with E-state index in [2.05, 4.69) is 0 Å². The van der Waals surface area contributed by atoms with Gasteiger partial charge in [0.15, 0.2) is 12.0 Å². The molecular weight excluding hydrogens is 276 g/mol. The average molecular weight is 285 g/mol. The molecule has 2 rings (SSSR count). The van der Waals surface area contributed by atoms with E-state index >= 15 is 0 Å².